The van der Waals surface area contributed by atoms with Gasteiger partial charge >= 0.3 is 0 Å². The Morgan fingerprint density at radius 2 is 1.74 bits per heavy atom. The number of hydrazine groups is 1. The molecule has 0 aliphatic carbocycles. The van der Waals surface area contributed by atoms with E-state index in [4.69, 9.17) is 5.84 Å². The lowest BCUT2D eigenvalue weighted by atomic mass is 9.88. The van der Waals surface area contributed by atoms with E-state index < -0.39 is 0 Å². The van der Waals surface area contributed by atoms with E-state index in [1.807, 2.05) is 0 Å². The quantitative estimate of drug-likeness (QED) is 0.538. The maximum absolute atomic E-state index is 5.79. The predicted octanol–water partition coefficient (Wildman–Crippen LogP) is 4.41. The molecule has 2 unspecified atom stereocenters. The minimum absolute atomic E-state index is 0.278. The minimum atomic E-state index is 0.278. The number of benzene rings is 1. The SMILES string of the molecule is CCCCC(CC)CC(NN)c1cc(C)cc(C)c1. The third-order valence-electron chi connectivity index (χ3n) is 3.96. The Labute approximate surface area is 118 Å². The van der Waals surface area contributed by atoms with E-state index in [2.05, 4.69) is 51.3 Å². The molecule has 2 atom stereocenters. The lowest BCUT2D eigenvalue weighted by Gasteiger charge is -2.23. The molecular formula is C17H30N2. The third-order valence-corrected chi connectivity index (χ3v) is 3.96. The number of rotatable bonds is 8. The highest BCUT2D eigenvalue weighted by atomic mass is 15.2. The molecule has 0 aromatic heterocycles. The van der Waals surface area contributed by atoms with Crippen LogP contribution in [0.1, 0.15) is 68.7 Å². The molecule has 0 bridgehead atoms. The monoisotopic (exact) mass is 262 g/mol. The number of hydrogen-bond acceptors (Lipinski definition) is 2. The van der Waals surface area contributed by atoms with Crippen LogP contribution in [0, 0.1) is 19.8 Å². The van der Waals surface area contributed by atoms with Crippen LogP contribution in [0.2, 0.25) is 0 Å². The van der Waals surface area contributed by atoms with Gasteiger partial charge in [0.15, 0.2) is 0 Å². The van der Waals surface area contributed by atoms with Gasteiger partial charge in [-0.2, -0.15) is 0 Å². The molecule has 2 heteroatoms. The maximum Gasteiger partial charge on any atom is 0.0462 e. The van der Waals surface area contributed by atoms with Crippen molar-refractivity contribution in [3.05, 3.63) is 34.9 Å². The van der Waals surface area contributed by atoms with Crippen LogP contribution in [0.15, 0.2) is 18.2 Å². The Morgan fingerprint density at radius 3 is 2.21 bits per heavy atom. The van der Waals surface area contributed by atoms with Crippen LogP contribution < -0.4 is 11.3 Å². The summed E-state index contributed by atoms with van der Waals surface area (Å²) in [7, 11) is 0. The van der Waals surface area contributed by atoms with Gasteiger partial charge in [0, 0.05) is 6.04 Å². The molecule has 1 aromatic carbocycles. The Hall–Kier alpha value is -0.860. The van der Waals surface area contributed by atoms with Gasteiger partial charge < -0.3 is 0 Å². The van der Waals surface area contributed by atoms with Gasteiger partial charge in [-0.25, -0.2) is 0 Å². The molecule has 19 heavy (non-hydrogen) atoms. The van der Waals surface area contributed by atoms with E-state index in [-0.39, 0.29) is 6.04 Å². The van der Waals surface area contributed by atoms with Gasteiger partial charge in [0.1, 0.15) is 0 Å². The first-order valence-electron chi connectivity index (χ1n) is 7.65. The number of aryl methyl sites for hydroxylation is 2. The summed E-state index contributed by atoms with van der Waals surface area (Å²) < 4.78 is 0. The van der Waals surface area contributed by atoms with Crippen molar-refractivity contribution in [2.75, 3.05) is 0 Å². The molecule has 0 aliphatic heterocycles. The van der Waals surface area contributed by atoms with E-state index in [0.29, 0.717) is 0 Å². The molecule has 2 nitrogen and oxygen atoms in total. The average Bonchev–Trinajstić information content (AvgIpc) is 2.38. The Balaban J connectivity index is 2.75. The summed E-state index contributed by atoms with van der Waals surface area (Å²) in [6.07, 6.45) is 6.29. The van der Waals surface area contributed by atoms with Crippen molar-refractivity contribution in [1.82, 2.24) is 5.43 Å². The predicted molar refractivity (Wildman–Crippen MR) is 83.9 cm³/mol. The van der Waals surface area contributed by atoms with E-state index in [0.717, 1.165) is 12.3 Å². The zero-order valence-corrected chi connectivity index (χ0v) is 13.0. The lowest BCUT2D eigenvalue weighted by Crippen LogP contribution is -2.29. The lowest BCUT2D eigenvalue weighted by molar-refractivity contribution is 0.356. The second kappa shape index (κ2) is 8.34. The highest BCUT2D eigenvalue weighted by molar-refractivity contribution is 5.30. The van der Waals surface area contributed by atoms with Gasteiger partial charge in [-0.3, -0.25) is 11.3 Å². The molecule has 0 heterocycles. The van der Waals surface area contributed by atoms with E-state index in [1.54, 1.807) is 0 Å². The molecule has 0 spiro atoms. The van der Waals surface area contributed by atoms with Gasteiger partial charge in [-0.1, -0.05) is 68.9 Å². The van der Waals surface area contributed by atoms with Crippen LogP contribution >= 0.6 is 0 Å². The van der Waals surface area contributed by atoms with Crippen molar-refractivity contribution < 1.29 is 0 Å². The van der Waals surface area contributed by atoms with Gasteiger partial charge in [-0.05, 0) is 31.7 Å². The van der Waals surface area contributed by atoms with E-state index in [1.165, 1.54) is 42.4 Å². The van der Waals surface area contributed by atoms with Crippen LogP contribution in [-0.4, -0.2) is 0 Å². The molecular weight excluding hydrogens is 232 g/mol. The standard InChI is InChI=1S/C17H30N2/c1-5-7-8-15(6-2)12-17(19-18)16-10-13(3)9-14(4)11-16/h9-11,15,17,19H,5-8,12,18H2,1-4H3. The first kappa shape index (κ1) is 16.2. The summed E-state index contributed by atoms with van der Waals surface area (Å²) in [6.45, 7) is 8.85. The molecule has 3 N–H and O–H groups in total. The highest BCUT2D eigenvalue weighted by Crippen LogP contribution is 2.27. The van der Waals surface area contributed by atoms with E-state index in [9.17, 15) is 0 Å². The van der Waals surface area contributed by atoms with Crippen molar-refractivity contribution >= 4 is 0 Å². The van der Waals surface area contributed by atoms with Gasteiger partial charge in [0.2, 0.25) is 0 Å². The zero-order valence-electron chi connectivity index (χ0n) is 13.0. The smallest absolute Gasteiger partial charge is 0.0462 e. The molecule has 0 saturated carbocycles. The first-order valence-corrected chi connectivity index (χ1v) is 7.65. The third kappa shape index (κ3) is 5.33. The fraction of sp³-hybridized carbons (Fsp3) is 0.647. The normalized spacial score (nSPS) is 14.4. The second-order valence-electron chi connectivity index (χ2n) is 5.79. The Bertz CT molecular complexity index is 353. The summed E-state index contributed by atoms with van der Waals surface area (Å²) in [4.78, 5) is 0. The van der Waals surface area contributed by atoms with Crippen LogP contribution in [0.3, 0.4) is 0 Å². The van der Waals surface area contributed by atoms with Crippen LogP contribution in [0.4, 0.5) is 0 Å². The topological polar surface area (TPSA) is 38.0 Å². The van der Waals surface area contributed by atoms with Gasteiger partial charge in [-0.15, -0.1) is 0 Å². The molecule has 0 aliphatic rings. The van der Waals surface area contributed by atoms with Crippen LogP contribution in [0.5, 0.6) is 0 Å². The Morgan fingerprint density at radius 1 is 1.11 bits per heavy atom. The van der Waals surface area contributed by atoms with Gasteiger partial charge in [0.05, 0.1) is 0 Å². The highest BCUT2D eigenvalue weighted by Gasteiger charge is 2.16. The fourth-order valence-corrected chi connectivity index (χ4v) is 2.83. The second-order valence-corrected chi connectivity index (χ2v) is 5.79. The fourth-order valence-electron chi connectivity index (χ4n) is 2.83. The van der Waals surface area contributed by atoms with Crippen molar-refractivity contribution in [3.8, 4) is 0 Å². The number of nitrogens with two attached hydrogens (primary N) is 1. The number of hydrogen-bond donors (Lipinski definition) is 2. The van der Waals surface area contributed by atoms with Crippen LogP contribution in [-0.2, 0) is 0 Å². The molecule has 0 radical (unpaired) electrons. The summed E-state index contributed by atoms with van der Waals surface area (Å²) in [5.74, 6) is 6.55. The minimum Gasteiger partial charge on any atom is -0.271 e. The Kier molecular flexibility index (Phi) is 7.11. The van der Waals surface area contributed by atoms with Crippen molar-refractivity contribution in [2.45, 2.75) is 65.8 Å². The summed E-state index contributed by atoms with van der Waals surface area (Å²) in [5, 5.41) is 0. The maximum atomic E-state index is 5.79. The summed E-state index contributed by atoms with van der Waals surface area (Å²) >= 11 is 0. The molecule has 108 valence electrons. The molecule has 0 saturated heterocycles. The summed E-state index contributed by atoms with van der Waals surface area (Å²) in [6, 6.07) is 7.00. The van der Waals surface area contributed by atoms with E-state index >= 15 is 0 Å². The number of nitrogens with one attached hydrogen (secondary N) is 1. The van der Waals surface area contributed by atoms with Crippen molar-refractivity contribution in [3.63, 3.8) is 0 Å². The molecule has 0 fully saturated rings. The number of unbranched alkanes of at least 4 members (excludes halogenated alkanes) is 1. The molecule has 1 rings (SSSR count). The van der Waals surface area contributed by atoms with Gasteiger partial charge in [0.25, 0.3) is 0 Å². The molecule has 1 aromatic rings. The van der Waals surface area contributed by atoms with Crippen molar-refractivity contribution in [1.29, 1.82) is 0 Å². The average molecular weight is 262 g/mol. The zero-order chi connectivity index (χ0) is 14.3. The molecule has 0 amide bonds. The van der Waals surface area contributed by atoms with Crippen LogP contribution in [0.25, 0.3) is 0 Å². The van der Waals surface area contributed by atoms with Crippen molar-refractivity contribution in [2.24, 2.45) is 11.8 Å². The first-order chi connectivity index (χ1) is 9.10. The largest absolute Gasteiger partial charge is 0.271 e. The summed E-state index contributed by atoms with van der Waals surface area (Å²) in [5.41, 5.74) is 6.98.